The van der Waals surface area contributed by atoms with E-state index in [9.17, 15) is 4.39 Å². The highest BCUT2D eigenvalue weighted by atomic mass is 19.1. The zero-order valence-electron chi connectivity index (χ0n) is 13.9. The zero-order chi connectivity index (χ0) is 17.9. The predicted molar refractivity (Wildman–Crippen MR) is 95.3 cm³/mol. The monoisotopic (exact) mass is 350 g/mol. The first-order valence-electron chi connectivity index (χ1n) is 7.98. The fourth-order valence-corrected chi connectivity index (χ4v) is 2.65. The number of hydrogen-bond donors (Lipinski definition) is 1. The van der Waals surface area contributed by atoms with Gasteiger partial charge in [-0.25, -0.2) is 9.37 Å². The Morgan fingerprint density at radius 3 is 2.54 bits per heavy atom. The highest BCUT2D eigenvalue weighted by Crippen LogP contribution is 2.31. The Bertz CT molecular complexity index is 1030. The van der Waals surface area contributed by atoms with Crippen molar-refractivity contribution in [2.45, 2.75) is 6.54 Å². The van der Waals surface area contributed by atoms with Crippen LogP contribution < -0.4 is 10.1 Å². The van der Waals surface area contributed by atoms with E-state index >= 15 is 0 Å². The van der Waals surface area contributed by atoms with Gasteiger partial charge in [-0.15, -0.1) is 0 Å². The molecular weight excluding hydrogens is 335 g/mol. The SMILES string of the molecule is COc1ccc(CNc2ncnc3onc(-c4ccc(F)cc4)c23)cc1. The lowest BCUT2D eigenvalue weighted by Gasteiger charge is -2.08. The Balaban J connectivity index is 1.66. The minimum absolute atomic E-state index is 0.310. The Labute approximate surface area is 148 Å². The summed E-state index contributed by atoms with van der Waals surface area (Å²) in [7, 11) is 1.63. The molecule has 0 atom stereocenters. The maximum absolute atomic E-state index is 13.2. The van der Waals surface area contributed by atoms with Crippen LogP contribution in [0, 0.1) is 5.82 Å². The number of ether oxygens (including phenoxy) is 1. The number of nitrogens with one attached hydrogen (secondary N) is 1. The standard InChI is InChI=1S/C19H15FN4O2/c1-25-15-8-2-12(3-9-15)10-21-18-16-17(13-4-6-14(20)7-5-13)24-26-19(16)23-11-22-18/h2-9,11H,10H2,1H3,(H,21,22,23). The van der Waals surface area contributed by atoms with Gasteiger partial charge in [-0.3, -0.25) is 0 Å². The largest absolute Gasteiger partial charge is 0.497 e. The van der Waals surface area contributed by atoms with Gasteiger partial charge in [-0.05, 0) is 42.0 Å². The third-order valence-corrected chi connectivity index (χ3v) is 4.01. The van der Waals surface area contributed by atoms with E-state index in [0.29, 0.717) is 29.2 Å². The molecule has 0 aliphatic heterocycles. The van der Waals surface area contributed by atoms with Gasteiger partial charge in [0.25, 0.3) is 5.71 Å². The minimum Gasteiger partial charge on any atom is -0.497 e. The maximum Gasteiger partial charge on any atom is 0.263 e. The molecular formula is C19H15FN4O2. The van der Waals surface area contributed by atoms with E-state index in [1.807, 2.05) is 24.3 Å². The lowest BCUT2D eigenvalue weighted by Crippen LogP contribution is -2.02. The molecule has 0 saturated heterocycles. The summed E-state index contributed by atoms with van der Waals surface area (Å²) in [5.41, 5.74) is 2.74. The summed E-state index contributed by atoms with van der Waals surface area (Å²) in [5.74, 6) is 1.10. The molecule has 130 valence electrons. The topological polar surface area (TPSA) is 73.1 Å². The van der Waals surface area contributed by atoms with Crippen molar-refractivity contribution in [3.63, 3.8) is 0 Å². The smallest absolute Gasteiger partial charge is 0.263 e. The van der Waals surface area contributed by atoms with E-state index in [1.165, 1.54) is 18.5 Å². The molecule has 0 bridgehead atoms. The fraction of sp³-hybridized carbons (Fsp3) is 0.105. The van der Waals surface area contributed by atoms with Crippen molar-refractivity contribution in [1.29, 1.82) is 0 Å². The van der Waals surface area contributed by atoms with Crippen LogP contribution in [0.15, 0.2) is 59.4 Å². The van der Waals surface area contributed by atoms with Gasteiger partial charge in [-0.2, -0.15) is 4.98 Å². The Hall–Kier alpha value is -3.48. The second-order valence-electron chi connectivity index (χ2n) is 5.64. The molecule has 0 spiro atoms. The number of benzene rings is 2. The highest BCUT2D eigenvalue weighted by Gasteiger charge is 2.16. The molecule has 2 aromatic heterocycles. The number of rotatable bonds is 5. The van der Waals surface area contributed by atoms with Crippen LogP contribution in [-0.4, -0.2) is 22.2 Å². The van der Waals surface area contributed by atoms with Crippen molar-refractivity contribution in [3.05, 3.63) is 66.2 Å². The summed E-state index contributed by atoms with van der Waals surface area (Å²) in [6.07, 6.45) is 1.41. The van der Waals surface area contributed by atoms with Crippen LogP contribution in [0.1, 0.15) is 5.56 Å². The number of fused-ring (bicyclic) bond motifs is 1. The molecule has 0 aliphatic carbocycles. The van der Waals surface area contributed by atoms with Gasteiger partial charge in [0.05, 0.1) is 7.11 Å². The van der Waals surface area contributed by atoms with Crippen molar-refractivity contribution >= 4 is 16.9 Å². The van der Waals surface area contributed by atoms with E-state index in [-0.39, 0.29) is 5.82 Å². The van der Waals surface area contributed by atoms with Crippen LogP contribution in [0.2, 0.25) is 0 Å². The molecule has 6 nitrogen and oxygen atoms in total. The lowest BCUT2D eigenvalue weighted by atomic mass is 10.1. The van der Waals surface area contributed by atoms with Crippen molar-refractivity contribution in [2.24, 2.45) is 0 Å². The van der Waals surface area contributed by atoms with Gasteiger partial charge < -0.3 is 14.6 Å². The van der Waals surface area contributed by atoms with Gasteiger partial charge in [0, 0.05) is 12.1 Å². The quantitative estimate of drug-likeness (QED) is 0.585. The summed E-state index contributed by atoms with van der Waals surface area (Å²) in [6, 6.07) is 13.8. The Morgan fingerprint density at radius 1 is 1.04 bits per heavy atom. The Morgan fingerprint density at radius 2 is 1.81 bits per heavy atom. The first-order valence-corrected chi connectivity index (χ1v) is 7.98. The molecule has 4 aromatic rings. The summed E-state index contributed by atoms with van der Waals surface area (Å²) >= 11 is 0. The molecule has 0 amide bonds. The summed E-state index contributed by atoms with van der Waals surface area (Å²) in [5, 5.41) is 8.02. The van der Waals surface area contributed by atoms with Crippen LogP contribution in [0.3, 0.4) is 0 Å². The van der Waals surface area contributed by atoms with Crippen LogP contribution >= 0.6 is 0 Å². The van der Waals surface area contributed by atoms with Crippen LogP contribution in [0.5, 0.6) is 5.75 Å². The number of anilines is 1. The molecule has 0 fully saturated rings. The van der Waals surface area contributed by atoms with Crippen molar-refractivity contribution < 1.29 is 13.7 Å². The summed E-state index contributed by atoms with van der Waals surface area (Å²) in [6.45, 7) is 0.560. The second kappa shape index (κ2) is 6.79. The average Bonchev–Trinajstić information content (AvgIpc) is 3.12. The molecule has 4 rings (SSSR count). The first-order chi connectivity index (χ1) is 12.7. The van der Waals surface area contributed by atoms with E-state index in [0.717, 1.165) is 16.9 Å². The van der Waals surface area contributed by atoms with E-state index in [1.54, 1.807) is 19.2 Å². The van der Waals surface area contributed by atoms with E-state index in [4.69, 9.17) is 9.26 Å². The number of methoxy groups -OCH3 is 1. The van der Waals surface area contributed by atoms with E-state index < -0.39 is 0 Å². The van der Waals surface area contributed by atoms with Crippen LogP contribution in [0.25, 0.3) is 22.4 Å². The number of hydrogen-bond acceptors (Lipinski definition) is 6. The normalized spacial score (nSPS) is 10.8. The number of nitrogens with zero attached hydrogens (tertiary/aromatic N) is 3. The minimum atomic E-state index is -0.310. The average molecular weight is 350 g/mol. The molecule has 1 N–H and O–H groups in total. The lowest BCUT2D eigenvalue weighted by molar-refractivity contribution is 0.414. The molecule has 2 aromatic carbocycles. The molecule has 2 heterocycles. The summed E-state index contributed by atoms with van der Waals surface area (Å²) < 4.78 is 23.7. The van der Waals surface area contributed by atoms with E-state index in [2.05, 4.69) is 20.4 Å². The third-order valence-electron chi connectivity index (χ3n) is 4.01. The number of halogens is 1. The highest BCUT2D eigenvalue weighted by molar-refractivity contribution is 5.97. The molecule has 0 saturated carbocycles. The molecule has 0 unspecified atom stereocenters. The van der Waals surface area contributed by atoms with Gasteiger partial charge in [0.15, 0.2) is 0 Å². The van der Waals surface area contributed by atoms with Crippen molar-refractivity contribution in [3.8, 4) is 17.0 Å². The molecule has 26 heavy (non-hydrogen) atoms. The zero-order valence-corrected chi connectivity index (χ0v) is 13.9. The second-order valence-corrected chi connectivity index (χ2v) is 5.64. The molecule has 0 radical (unpaired) electrons. The van der Waals surface area contributed by atoms with Gasteiger partial charge in [-0.1, -0.05) is 17.3 Å². The van der Waals surface area contributed by atoms with Crippen molar-refractivity contribution in [1.82, 2.24) is 15.1 Å². The molecule has 7 heteroatoms. The van der Waals surface area contributed by atoms with Gasteiger partial charge >= 0.3 is 0 Å². The molecule has 0 aliphatic rings. The Kier molecular flexibility index (Phi) is 4.18. The van der Waals surface area contributed by atoms with Crippen LogP contribution in [-0.2, 0) is 6.54 Å². The number of aromatic nitrogens is 3. The fourth-order valence-electron chi connectivity index (χ4n) is 2.65. The van der Waals surface area contributed by atoms with Crippen molar-refractivity contribution in [2.75, 3.05) is 12.4 Å². The first kappa shape index (κ1) is 16.0. The maximum atomic E-state index is 13.2. The van der Waals surface area contributed by atoms with Gasteiger partial charge in [0.1, 0.15) is 34.8 Å². The van der Waals surface area contributed by atoms with Crippen LogP contribution in [0.4, 0.5) is 10.2 Å². The van der Waals surface area contributed by atoms with Gasteiger partial charge in [0.2, 0.25) is 0 Å². The summed E-state index contributed by atoms with van der Waals surface area (Å²) in [4.78, 5) is 8.42. The third kappa shape index (κ3) is 3.06. The predicted octanol–water partition coefficient (Wildman–Crippen LogP) is 4.04.